The number of piperidine rings is 1. The molecule has 1 aromatic carbocycles. The van der Waals surface area contributed by atoms with Crippen molar-refractivity contribution in [2.24, 2.45) is 11.3 Å². The molecule has 0 aromatic heterocycles. The van der Waals surface area contributed by atoms with E-state index >= 15 is 0 Å². The van der Waals surface area contributed by atoms with E-state index in [0.717, 1.165) is 26.1 Å². The first-order valence-electron chi connectivity index (χ1n) is 7.61. The second-order valence-electron chi connectivity index (χ2n) is 6.47. The lowest BCUT2D eigenvalue weighted by atomic mass is 9.84. The topological polar surface area (TPSA) is 41.1 Å². The molecule has 1 aromatic rings. The molecular weight excluding hydrogens is 248 g/mol. The molecule has 1 heterocycles. The van der Waals surface area contributed by atoms with E-state index < -0.39 is 0 Å². The van der Waals surface area contributed by atoms with Crippen LogP contribution in [0.4, 0.5) is 0 Å². The highest BCUT2D eigenvalue weighted by molar-refractivity contribution is 5.82. The summed E-state index contributed by atoms with van der Waals surface area (Å²) in [4.78, 5) is 12.4. The number of carbonyl (C=O) groups excluding carboxylic acids is 1. The van der Waals surface area contributed by atoms with Crippen LogP contribution < -0.4 is 10.6 Å². The molecule has 2 N–H and O–H groups in total. The zero-order valence-corrected chi connectivity index (χ0v) is 12.6. The van der Waals surface area contributed by atoms with Gasteiger partial charge in [0.25, 0.3) is 0 Å². The van der Waals surface area contributed by atoms with Crippen LogP contribution in [0.15, 0.2) is 30.3 Å². The number of hydrogen-bond donors (Lipinski definition) is 2. The first-order valence-corrected chi connectivity index (χ1v) is 7.61. The number of amides is 1. The van der Waals surface area contributed by atoms with E-state index in [-0.39, 0.29) is 11.3 Å². The first-order chi connectivity index (χ1) is 9.58. The zero-order valence-electron chi connectivity index (χ0n) is 12.6. The number of carbonyl (C=O) groups is 1. The number of rotatable bonds is 5. The predicted octanol–water partition coefficient (Wildman–Crippen LogP) is 2.37. The minimum Gasteiger partial charge on any atom is -0.355 e. The molecule has 0 spiro atoms. The van der Waals surface area contributed by atoms with Crippen molar-refractivity contribution in [2.75, 3.05) is 19.6 Å². The van der Waals surface area contributed by atoms with Gasteiger partial charge in [-0.25, -0.2) is 0 Å². The molecule has 1 fully saturated rings. The van der Waals surface area contributed by atoms with Gasteiger partial charge in [-0.15, -0.1) is 0 Å². The Labute approximate surface area is 122 Å². The van der Waals surface area contributed by atoms with Crippen LogP contribution in [0, 0.1) is 11.3 Å². The van der Waals surface area contributed by atoms with Crippen LogP contribution in [0.1, 0.15) is 32.3 Å². The lowest BCUT2D eigenvalue weighted by Gasteiger charge is -2.27. The summed E-state index contributed by atoms with van der Waals surface area (Å²) >= 11 is 0. The Morgan fingerprint density at radius 1 is 1.35 bits per heavy atom. The number of hydrogen-bond acceptors (Lipinski definition) is 2. The van der Waals surface area contributed by atoms with Gasteiger partial charge >= 0.3 is 0 Å². The summed E-state index contributed by atoms with van der Waals surface area (Å²) in [7, 11) is 0. The van der Waals surface area contributed by atoms with Crippen LogP contribution in [-0.4, -0.2) is 25.5 Å². The SMILES string of the molecule is CC(C)(Cc1ccccc1)C(=O)NCC1CCCNC1. The lowest BCUT2D eigenvalue weighted by molar-refractivity contribution is -0.129. The summed E-state index contributed by atoms with van der Waals surface area (Å²) < 4.78 is 0. The molecule has 110 valence electrons. The fourth-order valence-electron chi connectivity index (χ4n) is 2.76. The molecule has 1 atom stereocenters. The Balaban J connectivity index is 1.83. The first kappa shape index (κ1) is 15.0. The maximum absolute atomic E-state index is 12.4. The smallest absolute Gasteiger partial charge is 0.226 e. The van der Waals surface area contributed by atoms with Gasteiger partial charge in [0, 0.05) is 12.0 Å². The molecule has 0 radical (unpaired) electrons. The van der Waals surface area contributed by atoms with Crippen molar-refractivity contribution >= 4 is 5.91 Å². The second kappa shape index (κ2) is 6.89. The van der Waals surface area contributed by atoms with Gasteiger partial charge in [0.15, 0.2) is 0 Å². The minimum atomic E-state index is -0.358. The normalized spacial score (nSPS) is 19.6. The van der Waals surface area contributed by atoms with Crippen LogP contribution in [0.2, 0.25) is 0 Å². The van der Waals surface area contributed by atoms with E-state index in [1.165, 1.54) is 18.4 Å². The third-order valence-corrected chi connectivity index (χ3v) is 4.05. The molecule has 1 aliphatic rings. The van der Waals surface area contributed by atoms with E-state index in [4.69, 9.17) is 0 Å². The van der Waals surface area contributed by atoms with Gasteiger partial charge in [0.05, 0.1) is 0 Å². The van der Waals surface area contributed by atoms with Gasteiger partial charge in [-0.05, 0) is 43.8 Å². The molecule has 0 aliphatic carbocycles. The Bertz CT molecular complexity index is 422. The van der Waals surface area contributed by atoms with Crippen molar-refractivity contribution in [1.82, 2.24) is 10.6 Å². The molecule has 3 nitrogen and oxygen atoms in total. The van der Waals surface area contributed by atoms with Crippen molar-refractivity contribution < 1.29 is 4.79 Å². The Morgan fingerprint density at radius 2 is 2.10 bits per heavy atom. The molecule has 3 heteroatoms. The van der Waals surface area contributed by atoms with E-state index in [1.54, 1.807) is 0 Å². The van der Waals surface area contributed by atoms with Gasteiger partial charge < -0.3 is 10.6 Å². The standard InChI is InChI=1S/C17H26N2O/c1-17(2,11-14-7-4-3-5-8-14)16(20)19-13-15-9-6-10-18-12-15/h3-5,7-8,15,18H,6,9-13H2,1-2H3,(H,19,20). The maximum Gasteiger partial charge on any atom is 0.226 e. The summed E-state index contributed by atoms with van der Waals surface area (Å²) in [5.41, 5.74) is 0.857. The van der Waals surface area contributed by atoms with Crippen LogP contribution >= 0.6 is 0 Å². The van der Waals surface area contributed by atoms with E-state index in [2.05, 4.69) is 22.8 Å². The molecule has 0 bridgehead atoms. The average molecular weight is 274 g/mol. The summed E-state index contributed by atoms with van der Waals surface area (Å²) in [5, 5.41) is 6.52. The molecule has 1 unspecified atom stereocenters. The van der Waals surface area contributed by atoms with Crippen molar-refractivity contribution in [3.8, 4) is 0 Å². The molecule has 0 saturated carbocycles. The zero-order chi connectivity index (χ0) is 14.4. The van der Waals surface area contributed by atoms with Gasteiger partial charge in [-0.3, -0.25) is 4.79 Å². The fourth-order valence-corrected chi connectivity index (χ4v) is 2.76. The van der Waals surface area contributed by atoms with Crippen molar-refractivity contribution in [1.29, 1.82) is 0 Å². The molecule has 1 saturated heterocycles. The van der Waals surface area contributed by atoms with E-state index in [1.807, 2.05) is 32.0 Å². The highest BCUT2D eigenvalue weighted by atomic mass is 16.2. The summed E-state index contributed by atoms with van der Waals surface area (Å²) in [5.74, 6) is 0.743. The third kappa shape index (κ3) is 4.34. The van der Waals surface area contributed by atoms with Crippen molar-refractivity contribution in [3.63, 3.8) is 0 Å². The summed E-state index contributed by atoms with van der Waals surface area (Å²) in [6.45, 7) is 6.98. The van der Waals surface area contributed by atoms with E-state index in [0.29, 0.717) is 5.92 Å². The molecule has 1 aliphatic heterocycles. The Hall–Kier alpha value is -1.35. The van der Waals surface area contributed by atoms with Crippen LogP contribution in [0.5, 0.6) is 0 Å². The average Bonchev–Trinajstić information content (AvgIpc) is 2.46. The second-order valence-corrected chi connectivity index (χ2v) is 6.47. The minimum absolute atomic E-state index is 0.159. The van der Waals surface area contributed by atoms with Crippen molar-refractivity contribution in [2.45, 2.75) is 33.1 Å². The van der Waals surface area contributed by atoms with Gasteiger partial charge in [-0.2, -0.15) is 0 Å². The number of benzene rings is 1. The fraction of sp³-hybridized carbons (Fsp3) is 0.588. The third-order valence-electron chi connectivity index (χ3n) is 4.05. The summed E-state index contributed by atoms with van der Waals surface area (Å²) in [6, 6.07) is 10.2. The van der Waals surface area contributed by atoms with Crippen LogP contribution in [-0.2, 0) is 11.2 Å². The molecular formula is C17H26N2O. The van der Waals surface area contributed by atoms with Crippen molar-refractivity contribution in [3.05, 3.63) is 35.9 Å². The monoisotopic (exact) mass is 274 g/mol. The lowest BCUT2D eigenvalue weighted by Crippen LogP contribution is -2.43. The van der Waals surface area contributed by atoms with Gasteiger partial charge in [0.2, 0.25) is 5.91 Å². The van der Waals surface area contributed by atoms with E-state index in [9.17, 15) is 4.79 Å². The summed E-state index contributed by atoms with van der Waals surface area (Å²) in [6.07, 6.45) is 3.21. The molecule has 1 amide bonds. The quantitative estimate of drug-likeness (QED) is 0.865. The molecule has 2 rings (SSSR count). The molecule has 20 heavy (non-hydrogen) atoms. The largest absolute Gasteiger partial charge is 0.355 e. The number of nitrogens with one attached hydrogen (secondary N) is 2. The predicted molar refractivity (Wildman–Crippen MR) is 82.5 cm³/mol. The van der Waals surface area contributed by atoms with Gasteiger partial charge in [0.1, 0.15) is 0 Å². The van der Waals surface area contributed by atoms with Crippen LogP contribution in [0.25, 0.3) is 0 Å². The Kier molecular flexibility index (Phi) is 5.18. The van der Waals surface area contributed by atoms with Gasteiger partial charge in [-0.1, -0.05) is 44.2 Å². The maximum atomic E-state index is 12.4. The Morgan fingerprint density at radius 3 is 2.75 bits per heavy atom. The van der Waals surface area contributed by atoms with Crippen LogP contribution in [0.3, 0.4) is 0 Å². The highest BCUT2D eigenvalue weighted by Gasteiger charge is 2.28. The highest BCUT2D eigenvalue weighted by Crippen LogP contribution is 2.22.